The molecular formula is C11H10ClNO. The third kappa shape index (κ3) is 2.00. The van der Waals surface area contributed by atoms with Gasteiger partial charge in [0.25, 0.3) is 0 Å². The van der Waals surface area contributed by atoms with Crippen LogP contribution >= 0.6 is 11.6 Å². The summed E-state index contributed by atoms with van der Waals surface area (Å²) in [6, 6.07) is 7.28. The Bertz CT molecular complexity index is 379. The molecule has 0 atom stereocenters. The van der Waals surface area contributed by atoms with Crippen LogP contribution in [0.5, 0.6) is 5.75 Å². The summed E-state index contributed by atoms with van der Waals surface area (Å²) in [5.41, 5.74) is 0.512. The van der Waals surface area contributed by atoms with Gasteiger partial charge < -0.3 is 4.74 Å². The third-order valence-corrected chi connectivity index (χ3v) is 2.55. The molecule has 0 aromatic heterocycles. The van der Waals surface area contributed by atoms with E-state index >= 15 is 0 Å². The lowest BCUT2D eigenvalue weighted by molar-refractivity contribution is 0.299. The highest BCUT2D eigenvalue weighted by molar-refractivity contribution is 6.32. The molecule has 0 spiro atoms. The van der Waals surface area contributed by atoms with Crippen LogP contribution in [-0.4, -0.2) is 6.61 Å². The van der Waals surface area contributed by atoms with E-state index < -0.39 is 0 Å². The van der Waals surface area contributed by atoms with Gasteiger partial charge in [0.1, 0.15) is 6.07 Å². The highest BCUT2D eigenvalue weighted by Crippen LogP contribution is 2.33. The molecule has 0 unspecified atom stereocenters. The van der Waals surface area contributed by atoms with E-state index in [0.29, 0.717) is 28.9 Å². The molecule has 72 valence electrons. The zero-order chi connectivity index (χ0) is 9.97. The van der Waals surface area contributed by atoms with Crippen molar-refractivity contribution in [2.24, 2.45) is 5.92 Å². The maximum absolute atomic E-state index is 8.84. The van der Waals surface area contributed by atoms with Gasteiger partial charge in [-0.2, -0.15) is 5.26 Å². The van der Waals surface area contributed by atoms with Crippen LogP contribution in [0.1, 0.15) is 18.4 Å². The molecule has 0 N–H and O–H groups in total. The van der Waals surface area contributed by atoms with E-state index in [1.807, 2.05) is 0 Å². The lowest BCUT2D eigenvalue weighted by Crippen LogP contribution is -2.01. The Labute approximate surface area is 88.1 Å². The average Bonchev–Trinajstić information content (AvgIpc) is 2.99. The Kier molecular flexibility index (Phi) is 2.60. The largest absolute Gasteiger partial charge is 0.490 e. The molecule has 3 heteroatoms. The normalized spacial score (nSPS) is 14.9. The number of hydrogen-bond donors (Lipinski definition) is 0. The summed E-state index contributed by atoms with van der Waals surface area (Å²) in [6.45, 7) is 0.679. The molecule has 0 radical (unpaired) electrons. The van der Waals surface area contributed by atoms with Gasteiger partial charge in [0.2, 0.25) is 0 Å². The molecule has 0 saturated heterocycles. The average molecular weight is 208 g/mol. The number of para-hydroxylation sites is 1. The Morgan fingerprint density at radius 2 is 2.29 bits per heavy atom. The van der Waals surface area contributed by atoms with Gasteiger partial charge in [-0.25, -0.2) is 0 Å². The third-order valence-electron chi connectivity index (χ3n) is 2.25. The molecular weight excluding hydrogens is 198 g/mol. The lowest BCUT2D eigenvalue weighted by atomic mass is 10.2. The first-order valence-electron chi connectivity index (χ1n) is 4.62. The van der Waals surface area contributed by atoms with E-state index in [1.165, 1.54) is 12.8 Å². The molecule has 0 amide bonds. The van der Waals surface area contributed by atoms with Gasteiger partial charge in [-0.1, -0.05) is 17.7 Å². The summed E-state index contributed by atoms with van der Waals surface area (Å²) in [5, 5.41) is 9.35. The maximum atomic E-state index is 8.84. The topological polar surface area (TPSA) is 33.0 Å². The summed E-state index contributed by atoms with van der Waals surface area (Å²) in [4.78, 5) is 0. The monoisotopic (exact) mass is 207 g/mol. The second kappa shape index (κ2) is 3.89. The summed E-state index contributed by atoms with van der Waals surface area (Å²) >= 11 is 5.94. The van der Waals surface area contributed by atoms with Crippen LogP contribution in [0.2, 0.25) is 5.02 Å². The zero-order valence-corrected chi connectivity index (χ0v) is 8.42. The van der Waals surface area contributed by atoms with Crippen molar-refractivity contribution in [3.8, 4) is 11.8 Å². The fourth-order valence-corrected chi connectivity index (χ4v) is 1.46. The molecule has 0 aliphatic heterocycles. The van der Waals surface area contributed by atoms with Crippen molar-refractivity contribution >= 4 is 11.6 Å². The Morgan fingerprint density at radius 3 is 2.93 bits per heavy atom. The molecule has 1 aliphatic carbocycles. The van der Waals surface area contributed by atoms with E-state index in [9.17, 15) is 0 Å². The number of rotatable bonds is 3. The molecule has 1 fully saturated rings. The Hall–Kier alpha value is -1.20. The molecule has 1 aromatic carbocycles. The van der Waals surface area contributed by atoms with Crippen molar-refractivity contribution in [2.75, 3.05) is 6.61 Å². The van der Waals surface area contributed by atoms with Crippen molar-refractivity contribution in [1.82, 2.24) is 0 Å². The van der Waals surface area contributed by atoms with E-state index in [2.05, 4.69) is 6.07 Å². The van der Waals surface area contributed by atoms with Crippen molar-refractivity contribution in [3.05, 3.63) is 28.8 Å². The summed E-state index contributed by atoms with van der Waals surface area (Å²) in [5.74, 6) is 1.20. The number of nitrogens with zero attached hydrogens (tertiary/aromatic N) is 1. The van der Waals surface area contributed by atoms with Gasteiger partial charge in [0.15, 0.2) is 5.75 Å². The van der Waals surface area contributed by atoms with Crippen molar-refractivity contribution in [2.45, 2.75) is 12.8 Å². The van der Waals surface area contributed by atoms with Gasteiger partial charge in [-0.3, -0.25) is 0 Å². The van der Waals surface area contributed by atoms with Crippen molar-refractivity contribution < 1.29 is 4.74 Å². The van der Waals surface area contributed by atoms with E-state index in [1.54, 1.807) is 18.2 Å². The standard InChI is InChI=1S/C11H10ClNO/c12-10-3-1-2-9(6-13)11(10)14-7-8-4-5-8/h1-3,8H,4-5,7H2. The highest BCUT2D eigenvalue weighted by atomic mass is 35.5. The number of hydrogen-bond acceptors (Lipinski definition) is 2. The lowest BCUT2D eigenvalue weighted by Gasteiger charge is -2.08. The molecule has 1 aromatic rings. The van der Waals surface area contributed by atoms with Gasteiger partial charge in [-0.05, 0) is 30.9 Å². The number of halogens is 1. The fraction of sp³-hybridized carbons (Fsp3) is 0.364. The summed E-state index contributed by atoms with van der Waals surface area (Å²) in [7, 11) is 0. The molecule has 1 aliphatic rings. The minimum absolute atomic E-state index is 0.512. The molecule has 14 heavy (non-hydrogen) atoms. The molecule has 2 nitrogen and oxygen atoms in total. The minimum atomic E-state index is 0.512. The quantitative estimate of drug-likeness (QED) is 0.764. The second-order valence-corrected chi connectivity index (χ2v) is 3.89. The number of benzene rings is 1. The molecule has 2 rings (SSSR count). The van der Waals surface area contributed by atoms with E-state index in [4.69, 9.17) is 21.6 Å². The fourth-order valence-electron chi connectivity index (χ4n) is 1.23. The van der Waals surface area contributed by atoms with Gasteiger partial charge >= 0.3 is 0 Å². The number of nitriles is 1. The maximum Gasteiger partial charge on any atom is 0.155 e. The Balaban J connectivity index is 2.16. The van der Waals surface area contributed by atoms with Crippen molar-refractivity contribution in [1.29, 1.82) is 5.26 Å². The molecule has 1 saturated carbocycles. The van der Waals surface area contributed by atoms with Crippen LogP contribution in [0.3, 0.4) is 0 Å². The predicted molar refractivity (Wildman–Crippen MR) is 54.4 cm³/mol. The van der Waals surface area contributed by atoms with E-state index in [0.717, 1.165) is 0 Å². The highest BCUT2D eigenvalue weighted by Gasteiger charge is 2.22. The van der Waals surface area contributed by atoms with Crippen LogP contribution < -0.4 is 4.74 Å². The number of ether oxygens (including phenoxy) is 1. The first kappa shape index (κ1) is 9.36. The van der Waals surface area contributed by atoms with Crippen molar-refractivity contribution in [3.63, 3.8) is 0 Å². The van der Waals surface area contributed by atoms with Crippen LogP contribution in [-0.2, 0) is 0 Å². The second-order valence-electron chi connectivity index (χ2n) is 3.48. The SMILES string of the molecule is N#Cc1cccc(Cl)c1OCC1CC1. The molecule has 0 heterocycles. The van der Waals surface area contributed by atoms with Gasteiger partial charge in [-0.15, -0.1) is 0 Å². The Morgan fingerprint density at radius 1 is 1.50 bits per heavy atom. The van der Waals surface area contributed by atoms with Crippen LogP contribution in [0.15, 0.2) is 18.2 Å². The summed E-state index contributed by atoms with van der Waals surface area (Å²) < 4.78 is 5.53. The first-order chi connectivity index (χ1) is 6.81. The van der Waals surface area contributed by atoms with Gasteiger partial charge in [0.05, 0.1) is 17.2 Å². The van der Waals surface area contributed by atoms with Crippen LogP contribution in [0, 0.1) is 17.2 Å². The smallest absolute Gasteiger partial charge is 0.155 e. The van der Waals surface area contributed by atoms with Crippen LogP contribution in [0.25, 0.3) is 0 Å². The van der Waals surface area contributed by atoms with E-state index in [-0.39, 0.29) is 0 Å². The zero-order valence-electron chi connectivity index (χ0n) is 7.66. The first-order valence-corrected chi connectivity index (χ1v) is 5.00. The summed E-state index contributed by atoms with van der Waals surface area (Å²) in [6.07, 6.45) is 2.46. The van der Waals surface area contributed by atoms with Crippen LogP contribution in [0.4, 0.5) is 0 Å². The molecule has 0 bridgehead atoms. The minimum Gasteiger partial charge on any atom is -0.490 e. The predicted octanol–water partition coefficient (Wildman–Crippen LogP) is 3.00. The van der Waals surface area contributed by atoms with Gasteiger partial charge in [0, 0.05) is 0 Å².